The second-order valence-electron chi connectivity index (χ2n) is 5.24. The Kier molecular flexibility index (Phi) is 4.15. The average molecular weight is 324 g/mol. The van der Waals surface area contributed by atoms with E-state index in [1.54, 1.807) is 47.3 Å². The van der Waals surface area contributed by atoms with Crippen LogP contribution in [0.15, 0.2) is 48.7 Å². The SMILES string of the molecule is COC(=O)c1ccc(NC(=O)Cn2ncc3ccc(N)cc32)cc1. The van der Waals surface area contributed by atoms with Crippen LogP contribution in [0.4, 0.5) is 11.4 Å². The van der Waals surface area contributed by atoms with Crippen LogP contribution in [0.3, 0.4) is 0 Å². The van der Waals surface area contributed by atoms with Gasteiger partial charge in [-0.2, -0.15) is 5.10 Å². The normalized spacial score (nSPS) is 10.5. The van der Waals surface area contributed by atoms with Gasteiger partial charge >= 0.3 is 5.97 Å². The zero-order chi connectivity index (χ0) is 17.1. The zero-order valence-electron chi connectivity index (χ0n) is 13.0. The second-order valence-corrected chi connectivity index (χ2v) is 5.24. The minimum Gasteiger partial charge on any atom is -0.465 e. The van der Waals surface area contributed by atoms with Gasteiger partial charge in [-0.05, 0) is 42.5 Å². The van der Waals surface area contributed by atoms with Gasteiger partial charge in [-0.1, -0.05) is 0 Å². The van der Waals surface area contributed by atoms with E-state index in [0.717, 1.165) is 10.9 Å². The van der Waals surface area contributed by atoms with Crippen molar-refractivity contribution in [2.24, 2.45) is 0 Å². The lowest BCUT2D eigenvalue weighted by Crippen LogP contribution is -2.19. The number of benzene rings is 2. The van der Waals surface area contributed by atoms with Crippen LogP contribution in [0, 0.1) is 0 Å². The summed E-state index contributed by atoms with van der Waals surface area (Å²) in [6.45, 7) is 0.0612. The molecule has 0 saturated heterocycles. The third kappa shape index (κ3) is 3.19. The van der Waals surface area contributed by atoms with Crippen molar-refractivity contribution >= 4 is 34.2 Å². The van der Waals surface area contributed by atoms with E-state index in [0.29, 0.717) is 16.9 Å². The van der Waals surface area contributed by atoms with Crippen LogP contribution in [-0.4, -0.2) is 28.8 Å². The fourth-order valence-corrected chi connectivity index (χ4v) is 2.36. The number of aromatic nitrogens is 2. The van der Waals surface area contributed by atoms with Gasteiger partial charge in [0.2, 0.25) is 5.91 Å². The lowest BCUT2D eigenvalue weighted by molar-refractivity contribution is -0.116. The van der Waals surface area contributed by atoms with Gasteiger partial charge in [0, 0.05) is 16.8 Å². The molecule has 1 aromatic heterocycles. The van der Waals surface area contributed by atoms with Crippen molar-refractivity contribution in [1.82, 2.24) is 9.78 Å². The number of nitrogens with one attached hydrogen (secondary N) is 1. The fourth-order valence-electron chi connectivity index (χ4n) is 2.36. The Hall–Kier alpha value is -3.35. The molecule has 3 rings (SSSR count). The molecule has 0 radical (unpaired) electrons. The summed E-state index contributed by atoms with van der Waals surface area (Å²) in [6.07, 6.45) is 1.69. The van der Waals surface area contributed by atoms with E-state index < -0.39 is 5.97 Å². The highest BCUT2D eigenvalue weighted by Gasteiger charge is 2.09. The number of nitrogens with zero attached hydrogens (tertiary/aromatic N) is 2. The summed E-state index contributed by atoms with van der Waals surface area (Å²) in [5.41, 5.74) is 8.20. The Balaban J connectivity index is 1.71. The molecule has 0 aliphatic rings. The van der Waals surface area contributed by atoms with E-state index in [1.807, 2.05) is 6.07 Å². The molecule has 1 heterocycles. The number of carbonyl (C=O) groups excluding carboxylic acids is 2. The van der Waals surface area contributed by atoms with Gasteiger partial charge < -0.3 is 15.8 Å². The molecule has 0 aliphatic carbocycles. The number of methoxy groups -OCH3 is 1. The summed E-state index contributed by atoms with van der Waals surface area (Å²) < 4.78 is 6.22. The van der Waals surface area contributed by atoms with Crippen LogP contribution >= 0.6 is 0 Å². The average Bonchev–Trinajstić information content (AvgIpc) is 2.97. The maximum Gasteiger partial charge on any atom is 0.337 e. The molecule has 0 atom stereocenters. The summed E-state index contributed by atoms with van der Waals surface area (Å²) in [5.74, 6) is -0.651. The molecule has 0 bridgehead atoms. The van der Waals surface area contributed by atoms with Gasteiger partial charge in [0.1, 0.15) is 6.54 Å². The highest BCUT2D eigenvalue weighted by atomic mass is 16.5. The molecule has 1 amide bonds. The van der Waals surface area contributed by atoms with E-state index in [4.69, 9.17) is 5.73 Å². The third-order valence-corrected chi connectivity index (χ3v) is 3.55. The number of amides is 1. The zero-order valence-corrected chi connectivity index (χ0v) is 13.0. The lowest BCUT2D eigenvalue weighted by atomic mass is 10.2. The van der Waals surface area contributed by atoms with Crippen LogP contribution in [0.2, 0.25) is 0 Å². The summed E-state index contributed by atoms with van der Waals surface area (Å²) >= 11 is 0. The number of rotatable bonds is 4. The molecule has 3 aromatic rings. The highest BCUT2D eigenvalue weighted by molar-refractivity contribution is 5.93. The maximum absolute atomic E-state index is 12.2. The van der Waals surface area contributed by atoms with Gasteiger partial charge in [0.15, 0.2) is 0 Å². The molecule has 122 valence electrons. The van der Waals surface area contributed by atoms with Crippen molar-refractivity contribution in [2.75, 3.05) is 18.2 Å². The van der Waals surface area contributed by atoms with Crippen LogP contribution in [0.1, 0.15) is 10.4 Å². The van der Waals surface area contributed by atoms with Crippen molar-refractivity contribution in [2.45, 2.75) is 6.54 Å². The monoisotopic (exact) mass is 324 g/mol. The molecule has 0 aliphatic heterocycles. The molecule has 2 aromatic carbocycles. The molecule has 0 saturated carbocycles. The standard InChI is InChI=1S/C17H16N4O3/c1-24-17(23)11-3-6-14(7-4-11)20-16(22)10-21-15-8-13(18)5-2-12(15)9-19-21/h2-9H,10,18H2,1H3,(H,20,22). The van der Waals surface area contributed by atoms with Crippen molar-refractivity contribution in [3.8, 4) is 0 Å². The molecule has 0 unspecified atom stereocenters. The van der Waals surface area contributed by atoms with E-state index >= 15 is 0 Å². The lowest BCUT2D eigenvalue weighted by Gasteiger charge is -2.07. The molecule has 0 fully saturated rings. The fraction of sp³-hybridized carbons (Fsp3) is 0.118. The smallest absolute Gasteiger partial charge is 0.337 e. The largest absolute Gasteiger partial charge is 0.465 e. The first-order valence-corrected chi connectivity index (χ1v) is 7.26. The molecule has 7 heteroatoms. The molecule has 7 nitrogen and oxygen atoms in total. The molecule has 0 spiro atoms. The Labute approximate surface area is 138 Å². The number of hydrogen-bond donors (Lipinski definition) is 2. The molecular formula is C17H16N4O3. The first-order valence-electron chi connectivity index (χ1n) is 7.26. The van der Waals surface area contributed by atoms with Crippen molar-refractivity contribution in [1.29, 1.82) is 0 Å². The highest BCUT2D eigenvalue weighted by Crippen LogP contribution is 2.17. The quantitative estimate of drug-likeness (QED) is 0.565. The van der Waals surface area contributed by atoms with Crippen molar-refractivity contribution < 1.29 is 14.3 Å². The van der Waals surface area contributed by atoms with Crippen LogP contribution < -0.4 is 11.1 Å². The third-order valence-electron chi connectivity index (χ3n) is 3.55. The summed E-state index contributed by atoms with van der Waals surface area (Å²) in [7, 11) is 1.32. The van der Waals surface area contributed by atoms with Gasteiger partial charge in [0.25, 0.3) is 0 Å². The minimum atomic E-state index is -0.423. The van der Waals surface area contributed by atoms with Crippen LogP contribution in [-0.2, 0) is 16.1 Å². The number of ether oxygens (including phenoxy) is 1. The first-order chi connectivity index (χ1) is 11.6. The summed E-state index contributed by atoms with van der Waals surface area (Å²) in [6, 6.07) is 11.9. The predicted octanol–water partition coefficient (Wildman–Crippen LogP) is 2.04. The van der Waals surface area contributed by atoms with E-state index in [2.05, 4.69) is 15.2 Å². The van der Waals surface area contributed by atoms with Gasteiger partial charge in [0.05, 0.1) is 24.4 Å². The Morgan fingerprint density at radius 3 is 2.67 bits per heavy atom. The van der Waals surface area contributed by atoms with Crippen molar-refractivity contribution in [3.05, 3.63) is 54.2 Å². The summed E-state index contributed by atoms with van der Waals surface area (Å²) in [4.78, 5) is 23.6. The number of nitrogen functional groups attached to an aromatic ring is 1. The minimum absolute atomic E-state index is 0.0612. The number of esters is 1. The molecule has 24 heavy (non-hydrogen) atoms. The number of hydrogen-bond acceptors (Lipinski definition) is 5. The Morgan fingerprint density at radius 2 is 1.96 bits per heavy atom. The predicted molar refractivity (Wildman–Crippen MR) is 90.6 cm³/mol. The molecular weight excluding hydrogens is 308 g/mol. The van der Waals surface area contributed by atoms with Crippen LogP contribution in [0.25, 0.3) is 10.9 Å². The van der Waals surface area contributed by atoms with Gasteiger partial charge in [-0.3, -0.25) is 9.48 Å². The van der Waals surface area contributed by atoms with E-state index in [1.165, 1.54) is 7.11 Å². The Bertz CT molecular complexity index is 900. The molecule has 3 N–H and O–H groups in total. The maximum atomic E-state index is 12.2. The number of fused-ring (bicyclic) bond motifs is 1. The van der Waals surface area contributed by atoms with E-state index in [-0.39, 0.29) is 12.5 Å². The van der Waals surface area contributed by atoms with E-state index in [9.17, 15) is 9.59 Å². The number of nitrogens with two attached hydrogens (primary N) is 1. The number of carbonyl (C=O) groups is 2. The second kappa shape index (κ2) is 6.41. The van der Waals surface area contributed by atoms with Crippen molar-refractivity contribution in [3.63, 3.8) is 0 Å². The number of anilines is 2. The van der Waals surface area contributed by atoms with Gasteiger partial charge in [-0.25, -0.2) is 4.79 Å². The Morgan fingerprint density at radius 1 is 1.21 bits per heavy atom. The van der Waals surface area contributed by atoms with Crippen LogP contribution in [0.5, 0.6) is 0 Å². The summed E-state index contributed by atoms with van der Waals surface area (Å²) in [5, 5.41) is 7.88. The topological polar surface area (TPSA) is 99.2 Å². The first kappa shape index (κ1) is 15.5. The van der Waals surface area contributed by atoms with Gasteiger partial charge in [-0.15, -0.1) is 0 Å².